The standard InChI is InChI=1S/C11H7IN2/c1-2-14-8-10(13-11(14)12)9-6-4-3-5-7-9/h1,3-8H. The number of halogens is 1. The largest absolute Gasteiger partial charge is 0.253 e. The predicted molar refractivity (Wildman–Crippen MR) is 64.6 cm³/mol. The van der Waals surface area contributed by atoms with E-state index in [0.29, 0.717) is 0 Å². The molecule has 1 heterocycles. The molecule has 14 heavy (non-hydrogen) atoms. The molecule has 0 saturated heterocycles. The topological polar surface area (TPSA) is 17.8 Å². The maximum atomic E-state index is 5.31. The molecule has 0 bridgehead atoms. The Morgan fingerprint density at radius 3 is 2.57 bits per heavy atom. The number of nitrogens with zero attached hydrogens (tertiary/aromatic N) is 2. The van der Waals surface area contributed by atoms with Crippen molar-refractivity contribution in [3.05, 3.63) is 40.4 Å². The Labute approximate surface area is 96.1 Å². The van der Waals surface area contributed by atoms with Crippen molar-refractivity contribution in [1.82, 2.24) is 9.55 Å². The molecule has 0 radical (unpaired) electrons. The Morgan fingerprint density at radius 1 is 1.29 bits per heavy atom. The van der Waals surface area contributed by atoms with E-state index in [1.165, 1.54) is 0 Å². The predicted octanol–water partition coefficient (Wildman–Crippen LogP) is 2.59. The van der Waals surface area contributed by atoms with Crippen LogP contribution >= 0.6 is 22.6 Å². The zero-order valence-corrected chi connectivity index (χ0v) is 9.47. The number of rotatable bonds is 1. The van der Waals surface area contributed by atoms with Crippen molar-refractivity contribution in [1.29, 1.82) is 0 Å². The lowest BCUT2D eigenvalue weighted by Gasteiger charge is -1.92. The van der Waals surface area contributed by atoms with Crippen LogP contribution in [0.1, 0.15) is 0 Å². The lowest BCUT2D eigenvalue weighted by Crippen LogP contribution is -1.87. The Bertz CT molecular complexity index is 480. The summed E-state index contributed by atoms with van der Waals surface area (Å²) in [6, 6.07) is 12.5. The third-order valence-electron chi connectivity index (χ3n) is 1.87. The summed E-state index contributed by atoms with van der Waals surface area (Å²) >= 11 is 2.12. The highest BCUT2D eigenvalue weighted by molar-refractivity contribution is 14.1. The molecule has 0 aliphatic rings. The van der Waals surface area contributed by atoms with Crippen LogP contribution in [0.3, 0.4) is 0 Å². The first-order chi connectivity index (χ1) is 6.81. The quantitative estimate of drug-likeness (QED) is 0.584. The Kier molecular flexibility index (Phi) is 2.55. The second-order valence-electron chi connectivity index (χ2n) is 2.76. The fourth-order valence-corrected chi connectivity index (χ4v) is 1.73. The highest BCUT2D eigenvalue weighted by Gasteiger charge is 2.04. The summed E-state index contributed by atoms with van der Waals surface area (Å²) < 4.78 is 2.48. The molecule has 68 valence electrons. The molecule has 0 spiro atoms. The maximum Gasteiger partial charge on any atom is 0.183 e. The van der Waals surface area contributed by atoms with Gasteiger partial charge in [0.1, 0.15) is 0 Å². The third kappa shape index (κ3) is 1.66. The first-order valence-corrected chi connectivity index (χ1v) is 5.16. The zero-order chi connectivity index (χ0) is 9.97. The minimum absolute atomic E-state index is 0.809. The molecule has 0 unspecified atom stereocenters. The van der Waals surface area contributed by atoms with Crippen molar-refractivity contribution in [3.8, 4) is 23.7 Å². The molecule has 0 aliphatic carbocycles. The van der Waals surface area contributed by atoms with Gasteiger partial charge in [-0.05, 0) is 0 Å². The Hall–Kier alpha value is -1.28. The number of benzene rings is 1. The molecule has 2 nitrogen and oxygen atoms in total. The van der Waals surface area contributed by atoms with Crippen LogP contribution in [0.5, 0.6) is 0 Å². The number of aromatic nitrogens is 2. The molecule has 0 aliphatic heterocycles. The minimum Gasteiger partial charge on any atom is -0.253 e. The minimum atomic E-state index is 0.809. The summed E-state index contributed by atoms with van der Waals surface area (Å²) in [5.74, 6) is 0. The van der Waals surface area contributed by atoms with Crippen molar-refractivity contribution in [2.24, 2.45) is 0 Å². The molecule has 3 heteroatoms. The van der Waals surface area contributed by atoms with Gasteiger partial charge in [-0.15, -0.1) is 0 Å². The monoisotopic (exact) mass is 294 g/mol. The molecule has 2 rings (SSSR count). The van der Waals surface area contributed by atoms with Gasteiger partial charge in [0.2, 0.25) is 0 Å². The van der Waals surface area contributed by atoms with Crippen LogP contribution in [-0.2, 0) is 0 Å². The van der Waals surface area contributed by atoms with Crippen LogP contribution in [0.4, 0.5) is 0 Å². The summed E-state index contributed by atoms with van der Waals surface area (Å²) in [5, 5.41) is 0. The van der Waals surface area contributed by atoms with Gasteiger partial charge >= 0.3 is 0 Å². The van der Waals surface area contributed by atoms with Crippen LogP contribution in [0.2, 0.25) is 0 Å². The number of hydrogen-bond acceptors (Lipinski definition) is 1. The fourth-order valence-electron chi connectivity index (χ4n) is 1.20. The number of hydrogen-bond donors (Lipinski definition) is 0. The van der Waals surface area contributed by atoms with Gasteiger partial charge in [-0.25, -0.2) is 4.98 Å². The first kappa shape index (κ1) is 9.28. The van der Waals surface area contributed by atoms with Gasteiger partial charge in [-0.2, -0.15) is 0 Å². The van der Waals surface area contributed by atoms with Crippen molar-refractivity contribution in [2.75, 3.05) is 0 Å². The molecule has 0 saturated carbocycles. The molecule has 1 aromatic heterocycles. The second-order valence-corrected chi connectivity index (χ2v) is 3.73. The van der Waals surface area contributed by atoms with Crippen molar-refractivity contribution in [3.63, 3.8) is 0 Å². The van der Waals surface area contributed by atoms with E-state index in [2.05, 4.69) is 33.6 Å². The molecule has 1 aromatic carbocycles. The van der Waals surface area contributed by atoms with Gasteiger partial charge in [0.15, 0.2) is 3.83 Å². The highest BCUT2D eigenvalue weighted by atomic mass is 127. The lowest BCUT2D eigenvalue weighted by atomic mass is 10.2. The molecule has 2 aromatic rings. The van der Waals surface area contributed by atoms with Gasteiger partial charge in [0.05, 0.1) is 5.69 Å². The number of imidazole rings is 1. The molecule has 0 atom stereocenters. The first-order valence-electron chi connectivity index (χ1n) is 4.08. The van der Waals surface area contributed by atoms with Crippen molar-refractivity contribution < 1.29 is 0 Å². The molecule has 0 amide bonds. The van der Waals surface area contributed by atoms with Crippen LogP contribution in [0.25, 0.3) is 11.3 Å². The van der Waals surface area contributed by atoms with E-state index in [9.17, 15) is 0 Å². The van der Waals surface area contributed by atoms with Gasteiger partial charge in [0, 0.05) is 40.4 Å². The average molecular weight is 294 g/mol. The van der Waals surface area contributed by atoms with Crippen LogP contribution in [0.15, 0.2) is 36.5 Å². The van der Waals surface area contributed by atoms with Crippen molar-refractivity contribution in [2.45, 2.75) is 0 Å². The smallest absolute Gasteiger partial charge is 0.183 e. The summed E-state index contributed by atoms with van der Waals surface area (Å²) in [6.45, 7) is 0. The van der Waals surface area contributed by atoms with E-state index in [1.54, 1.807) is 4.57 Å². The Balaban J connectivity index is 2.50. The van der Waals surface area contributed by atoms with E-state index in [1.807, 2.05) is 36.5 Å². The van der Waals surface area contributed by atoms with Crippen molar-refractivity contribution >= 4 is 22.6 Å². The fraction of sp³-hybridized carbons (Fsp3) is 0. The van der Waals surface area contributed by atoms with E-state index in [0.717, 1.165) is 15.1 Å². The van der Waals surface area contributed by atoms with Crippen LogP contribution in [0, 0.1) is 16.3 Å². The van der Waals surface area contributed by atoms with E-state index in [-0.39, 0.29) is 0 Å². The van der Waals surface area contributed by atoms with E-state index in [4.69, 9.17) is 6.42 Å². The third-order valence-corrected chi connectivity index (χ3v) is 2.63. The normalized spacial score (nSPS) is 9.71. The second kappa shape index (κ2) is 3.84. The Morgan fingerprint density at radius 2 is 2.00 bits per heavy atom. The van der Waals surface area contributed by atoms with Crippen LogP contribution < -0.4 is 0 Å². The summed E-state index contributed by atoms with van der Waals surface area (Å²) in [5.41, 5.74) is 1.99. The zero-order valence-electron chi connectivity index (χ0n) is 7.31. The average Bonchev–Trinajstić information content (AvgIpc) is 2.61. The molecule has 0 N–H and O–H groups in total. The molecule has 0 fully saturated rings. The molecular weight excluding hydrogens is 287 g/mol. The highest BCUT2D eigenvalue weighted by Crippen LogP contribution is 2.18. The maximum absolute atomic E-state index is 5.31. The van der Waals surface area contributed by atoms with E-state index >= 15 is 0 Å². The molecular formula is C11H7IN2. The summed E-state index contributed by atoms with van der Waals surface area (Å²) in [6.07, 6.45) is 7.17. The van der Waals surface area contributed by atoms with Gasteiger partial charge in [-0.3, -0.25) is 4.57 Å². The van der Waals surface area contributed by atoms with Gasteiger partial charge in [-0.1, -0.05) is 36.8 Å². The lowest BCUT2D eigenvalue weighted by molar-refractivity contribution is 1.06. The van der Waals surface area contributed by atoms with Crippen LogP contribution in [-0.4, -0.2) is 9.55 Å². The van der Waals surface area contributed by atoms with E-state index < -0.39 is 0 Å². The summed E-state index contributed by atoms with van der Waals surface area (Å²) in [7, 11) is 0. The number of terminal acetylenes is 1. The SMILES string of the molecule is C#Cn1cc(-c2ccccc2)nc1I. The van der Waals surface area contributed by atoms with Gasteiger partial charge in [0.25, 0.3) is 0 Å². The van der Waals surface area contributed by atoms with Gasteiger partial charge < -0.3 is 0 Å². The summed E-state index contributed by atoms with van der Waals surface area (Å²) in [4.78, 5) is 4.36.